The quantitative estimate of drug-likeness (QED) is 0.813. The fourth-order valence-corrected chi connectivity index (χ4v) is 1.70. The number of hydrogen-bond donors (Lipinski definition) is 2. The Hall–Kier alpha value is -1.78. The zero-order valence-electron chi connectivity index (χ0n) is 10.9. The van der Waals surface area contributed by atoms with Crippen LogP contribution in [0.1, 0.15) is 43.3 Å². The highest BCUT2D eigenvalue weighted by Crippen LogP contribution is 2.13. The van der Waals surface area contributed by atoms with E-state index in [0.717, 1.165) is 6.42 Å². The number of carboxylic acid groups (broad SMARTS) is 1. The smallest absolute Gasteiger partial charge is 0.326 e. The molecule has 1 heterocycles. The second-order valence-corrected chi connectivity index (χ2v) is 4.54. The number of hydrogen-bond acceptors (Lipinski definition) is 3. The number of rotatable bonds is 6. The molecule has 1 aromatic rings. The Balaban J connectivity index is 2.80. The number of aryl methyl sites for hydroxylation is 1. The second kappa shape index (κ2) is 6.23. The molecule has 5 nitrogen and oxygen atoms in total. The van der Waals surface area contributed by atoms with Crippen LogP contribution in [0, 0.1) is 5.92 Å². The molecule has 1 atom stereocenters. The summed E-state index contributed by atoms with van der Waals surface area (Å²) in [5.41, 5.74) is 0.420. The van der Waals surface area contributed by atoms with Crippen molar-refractivity contribution in [2.24, 2.45) is 5.92 Å². The van der Waals surface area contributed by atoms with Gasteiger partial charge in [0.2, 0.25) is 0 Å². The van der Waals surface area contributed by atoms with Crippen LogP contribution in [0.25, 0.3) is 0 Å². The Morgan fingerprint density at radius 3 is 2.61 bits per heavy atom. The van der Waals surface area contributed by atoms with Gasteiger partial charge >= 0.3 is 5.97 Å². The van der Waals surface area contributed by atoms with E-state index in [9.17, 15) is 9.59 Å². The van der Waals surface area contributed by atoms with Gasteiger partial charge in [0.05, 0.1) is 11.8 Å². The van der Waals surface area contributed by atoms with Gasteiger partial charge in [-0.15, -0.1) is 0 Å². The van der Waals surface area contributed by atoms with Crippen molar-refractivity contribution in [2.75, 3.05) is 0 Å². The molecule has 1 rings (SSSR count). The molecule has 2 N–H and O–H groups in total. The summed E-state index contributed by atoms with van der Waals surface area (Å²) in [6, 6.07) is 0.682. The average molecular weight is 253 g/mol. The predicted octanol–water partition coefficient (Wildman–Crippen LogP) is 2.07. The highest BCUT2D eigenvalue weighted by atomic mass is 16.4. The molecule has 0 aliphatic carbocycles. The summed E-state index contributed by atoms with van der Waals surface area (Å²) in [6.45, 7) is 5.49. The zero-order chi connectivity index (χ0) is 13.7. The third-order valence-corrected chi connectivity index (χ3v) is 2.69. The Labute approximate surface area is 106 Å². The van der Waals surface area contributed by atoms with Gasteiger partial charge in [-0.2, -0.15) is 0 Å². The number of nitrogens with one attached hydrogen (secondary N) is 1. The minimum absolute atomic E-state index is 0.173. The molecule has 0 spiro atoms. The van der Waals surface area contributed by atoms with E-state index < -0.39 is 17.9 Å². The lowest BCUT2D eigenvalue weighted by Crippen LogP contribution is -2.44. The van der Waals surface area contributed by atoms with E-state index in [-0.39, 0.29) is 5.92 Å². The van der Waals surface area contributed by atoms with E-state index in [1.54, 1.807) is 19.9 Å². The van der Waals surface area contributed by atoms with E-state index in [0.29, 0.717) is 17.7 Å². The van der Waals surface area contributed by atoms with Gasteiger partial charge in [-0.25, -0.2) is 4.79 Å². The van der Waals surface area contributed by atoms with Crippen molar-refractivity contribution in [2.45, 2.75) is 39.7 Å². The van der Waals surface area contributed by atoms with Gasteiger partial charge in [-0.05, 0) is 18.4 Å². The van der Waals surface area contributed by atoms with E-state index in [2.05, 4.69) is 5.32 Å². The molecule has 0 fully saturated rings. The summed E-state index contributed by atoms with van der Waals surface area (Å²) in [5, 5.41) is 11.5. The third kappa shape index (κ3) is 3.35. The van der Waals surface area contributed by atoms with Gasteiger partial charge in [0.15, 0.2) is 0 Å². The largest absolute Gasteiger partial charge is 0.480 e. The molecule has 0 aliphatic heterocycles. The maximum Gasteiger partial charge on any atom is 0.326 e. The van der Waals surface area contributed by atoms with Crippen molar-refractivity contribution >= 4 is 11.9 Å². The molecule has 18 heavy (non-hydrogen) atoms. The molecule has 0 radical (unpaired) electrons. The molecular weight excluding hydrogens is 234 g/mol. The lowest BCUT2D eigenvalue weighted by Gasteiger charge is -2.17. The third-order valence-electron chi connectivity index (χ3n) is 2.69. The molecule has 0 aromatic carbocycles. The second-order valence-electron chi connectivity index (χ2n) is 4.54. The van der Waals surface area contributed by atoms with Gasteiger partial charge in [-0.1, -0.05) is 20.8 Å². The highest BCUT2D eigenvalue weighted by Gasteiger charge is 2.25. The van der Waals surface area contributed by atoms with Crippen molar-refractivity contribution in [1.29, 1.82) is 0 Å². The minimum atomic E-state index is -1.03. The SMILES string of the molecule is CCCc1occc1C(=O)NC(C(=O)O)C(C)C. The van der Waals surface area contributed by atoms with Gasteiger partial charge in [-0.3, -0.25) is 4.79 Å². The Morgan fingerprint density at radius 1 is 1.44 bits per heavy atom. The summed E-state index contributed by atoms with van der Waals surface area (Å²) in [6.07, 6.45) is 2.97. The monoisotopic (exact) mass is 253 g/mol. The summed E-state index contributed by atoms with van der Waals surface area (Å²) in [5.74, 6) is -0.997. The van der Waals surface area contributed by atoms with E-state index in [1.807, 2.05) is 6.92 Å². The first-order valence-electron chi connectivity index (χ1n) is 6.07. The lowest BCUT2D eigenvalue weighted by molar-refractivity contribution is -0.140. The number of carbonyl (C=O) groups is 2. The van der Waals surface area contributed by atoms with Crippen molar-refractivity contribution in [1.82, 2.24) is 5.32 Å². The van der Waals surface area contributed by atoms with Crippen LogP contribution in [0.4, 0.5) is 0 Å². The van der Waals surface area contributed by atoms with E-state index >= 15 is 0 Å². The molecule has 1 amide bonds. The molecule has 0 aliphatic rings. The van der Waals surface area contributed by atoms with Crippen molar-refractivity contribution < 1.29 is 19.1 Å². The number of carboxylic acids is 1. The van der Waals surface area contributed by atoms with Gasteiger partial charge in [0.1, 0.15) is 11.8 Å². The molecule has 1 unspecified atom stereocenters. The number of amides is 1. The summed E-state index contributed by atoms with van der Waals surface area (Å²) >= 11 is 0. The van der Waals surface area contributed by atoms with Gasteiger partial charge in [0.25, 0.3) is 5.91 Å². The fourth-order valence-electron chi connectivity index (χ4n) is 1.70. The normalized spacial score (nSPS) is 12.4. The van der Waals surface area contributed by atoms with Crippen molar-refractivity contribution in [3.63, 3.8) is 0 Å². The minimum Gasteiger partial charge on any atom is -0.480 e. The Morgan fingerprint density at radius 2 is 2.11 bits per heavy atom. The van der Waals surface area contributed by atoms with Crippen LogP contribution < -0.4 is 5.32 Å². The molecular formula is C13H19NO4. The maximum atomic E-state index is 12.0. The molecule has 5 heteroatoms. The van der Waals surface area contributed by atoms with Crippen LogP contribution in [0.5, 0.6) is 0 Å². The number of furan rings is 1. The van der Waals surface area contributed by atoms with Crippen LogP contribution in [0.3, 0.4) is 0 Å². The Bertz CT molecular complexity index is 422. The predicted molar refractivity (Wildman–Crippen MR) is 66.4 cm³/mol. The highest BCUT2D eigenvalue weighted by molar-refractivity contribution is 5.97. The van der Waals surface area contributed by atoms with Crippen LogP contribution in [0.2, 0.25) is 0 Å². The van der Waals surface area contributed by atoms with Crippen LogP contribution in [0.15, 0.2) is 16.7 Å². The fraction of sp³-hybridized carbons (Fsp3) is 0.538. The Kier molecular flexibility index (Phi) is 4.95. The summed E-state index contributed by atoms with van der Waals surface area (Å²) in [7, 11) is 0. The first kappa shape index (κ1) is 14.3. The first-order chi connectivity index (χ1) is 8.47. The molecule has 0 saturated carbocycles. The van der Waals surface area contributed by atoms with Crippen LogP contribution >= 0.6 is 0 Å². The van der Waals surface area contributed by atoms with Crippen molar-refractivity contribution in [3.05, 3.63) is 23.7 Å². The lowest BCUT2D eigenvalue weighted by atomic mass is 10.0. The standard InChI is InChI=1S/C13H19NO4/c1-4-5-10-9(6-7-18-10)12(15)14-11(8(2)3)13(16)17/h6-8,11H,4-5H2,1-3H3,(H,14,15)(H,16,17). The van der Waals surface area contributed by atoms with Crippen LogP contribution in [-0.4, -0.2) is 23.0 Å². The molecule has 0 saturated heterocycles. The van der Waals surface area contributed by atoms with E-state index in [1.165, 1.54) is 6.26 Å². The average Bonchev–Trinajstić information content (AvgIpc) is 2.73. The summed E-state index contributed by atoms with van der Waals surface area (Å²) < 4.78 is 5.22. The van der Waals surface area contributed by atoms with E-state index in [4.69, 9.17) is 9.52 Å². The van der Waals surface area contributed by atoms with Gasteiger partial charge in [0, 0.05) is 6.42 Å². The number of carbonyl (C=O) groups excluding carboxylic acids is 1. The van der Waals surface area contributed by atoms with Crippen molar-refractivity contribution in [3.8, 4) is 0 Å². The number of aliphatic carboxylic acids is 1. The zero-order valence-corrected chi connectivity index (χ0v) is 10.9. The first-order valence-corrected chi connectivity index (χ1v) is 6.07. The topological polar surface area (TPSA) is 79.5 Å². The molecule has 100 valence electrons. The maximum absolute atomic E-state index is 12.0. The summed E-state index contributed by atoms with van der Waals surface area (Å²) in [4.78, 5) is 23.0. The molecule has 1 aromatic heterocycles. The molecule has 0 bridgehead atoms. The van der Waals surface area contributed by atoms with Gasteiger partial charge < -0.3 is 14.8 Å². The van der Waals surface area contributed by atoms with Crippen LogP contribution in [-0.2, 0) is 11.2 Å².